The van der Waals surface area contributed by atoms with Gasteiger partial charge in [0.05, 0.1) is 0 Å². The predicted molar refractivity (Wildman–Crippen MR) is 56.5 cm³/mol. The molecule has 106 valence electrons. The fourth-order valence-electron chi connectivity index (χ4n) is 1.26. The maximum Gasteiger partial charge on any atom is 0.383 e. The molecule has 0 aliphatic carbocycles. The highest BCUT2D eigenvalue weighted by atomic mass is 19.3. The van der Waals surface area contributed by atoms with E-state index in [1.54, 1.807) is 19.2 Å². The fraction of sp³-hybridized carbons (Fsp3) is 0.800. The minimum absolute atomic E-state index is 0.334. The summed E-state index contributed by atoms with van der Waals surface area (Å²) < 4.78 is 49.1. The van der Waals surface area contributed by atoms with Gasteiger partial charge < -0.3 is 10.2 Å². The van der Waals surface area contributed by atoms with Crippen molar-refractivity contribution in [3.8, 4) is 0 Å². The van der Waals surface area contributed by atoms with Gasteiger partial charge in [0, 0.05) is 13.1 Å². The summed E-state index contributed by atoms with van der Waals surface area (Å²) >= 11 is 0. The van der Waals surface area contributed by atoms with Crippen LogP contribution in [0, 0.1) is 0 Å². The lowest BCUT2D eigenvalue weighted by molar-refractivity contribution is -0.170. The molecule has 1 unspecified atom stereocenters. The van der Waals surface area contributed by atoms with Crippen LogP contribution in [-0.2, 0) is 9.59 Å². The number of halogens is 4. The number of alkyl halides is 4. The van der Waals surface area contributed by atoms with E-state index in [9.17, 15) is 27.2 Å². The van der Waals surface area contributed by atoms with E-state index in [0.29, 0.717) is 13.1 Å². The lowest BCUT2D eigenvalue weighted by Gasteiger charge is -2.24. The summed E-state index contributed by atoms with van der Waals surface area (Å²) in [6.45, 7) is 5.18. The van der Waals surface area contributed by atoms with Crippen molar-refractivity contribution < 1.29 is 27.2 Å². The summed E-state index contributed by atoms with van der Waals surface area (Å²) in [5.74, 6) is -7.54. The molecule has 0 spiro atoms. The number of rotatable bonds is 6. The predicted octanol–water partition coefficient (Wildman–Crippen LogP) is 1.26. The van der Waals surface area contributed by atoms with Crippen molar-refractivity contribution in [3.05, 3.63) is 0 Å². The lowest BCUT2D eigenvalue weighted by atomic mass is 10.2. The van der Waals surface area contributed by atoms with Crippen LogP contribution < -0.4 is 5.32 Å². The summed E-state index contributed by atoms with van der Waals surface area (Å²) in [6, 6.07) is -1.28. The summed E-state index contributed by atoms with van der Waals surface area (Å²) in [5, 5.41) is 1.59. The van der Waals surface area contributed by atoms with E-state index in [1.807, 2.05) is 0 Å². The Kier molecular flexibility index (Phi) is 6.07. The molecule has 1 N–H and O–H groups in total. The van der Waals surface area contributed by atoms with Crippen LogP contribution >= 0.6 is 0 Å². The van der Waals surface area contributed by atoms with E-state index in [4.69, 9.17) is 0 Å². The molecule has 8 heteroatoms. The van der Waals surface area contributed by atoms with Gasteiger partial charge >= 0.3 is 12.3 Å². The van der Waals surface area contributed by atoms with Gasteiger partial charge in [-0.3, -0.25) is 9.59 Å². The van der Waals surface area contributed by atoms with Crippen LogP contribution in [0.15, 0.2) is 0 Å². The summed E-state index contributed by atoms with van der Waals surface area (Å²) in [7, 11) is 0. The molecule has 18 heavy (non-hydrogen) atoms. The van der Waals surface area contributed by atoms with E-state index in [2.05, 4.69) is 0 Å². The van der Waals surface area contributed by atoms with Crippen LogP contribution in [0.1, 0.15) is 20.8 Å². The van der Waals surface area contributed by atoms with Crippen molar-refractivity contribution in [1.82, 2.24) is 10.2 Å². The molecular formula is C10H16F4N2O2. The first-order chi connectivity index (χ1) is 8.18. The molecule has 0 saturated carbocycles. The zero-order valence-corrected chi connectivity index (χ0v) is 10.3. The van der Waals surface area contributed by atoms with Gasteiger partial charge in [-0.1, -0.05) is 0 Å². The van der Waals surface area contributed by atoms with Crippen LogP contribution in [0.4, 0.5) is 17.6 Å². The van der Waals surface area contributed by atoms with Gasteiger partial charge in [0.1, 0.15) is 6.04 Å². The molecule has 0 aliphatic heterocycles. The molecule has 1 atom stereocenters. The van der Waals surface area contributed by atoms with Crippen LogP contribution in [0.3, 0.4) is 0 Å². The number of hydrogen-bond donors (Lipinski definition) is 1. The second kappa shape index (κ2) is 6.55. The number of nitrogens with one attached hydrogen (secondary N) is 1. The van der Waals surface area contributed by atoms with E-state index in [0.717, 1.165) is 0 Å². The lowest BCUT2D eigenvalue weighted by Crippen LogP contribution is -2.53. The second-order valence-corrected chi connectivity index (χ2v) is 3.63. The number of likely N-dealkylation sites (N-methyl/N-ethyl adjacent to an activating group) is 1. The maximum absolute atomic E-state index is 12.6. The Morgan fingerprint density at radius 2 is 1.67 bits per heavy atom. The molecule has 0 fully saturated rings. The Morgan fingerprint density at radius 1 is 1.22 bits per heavy atom. The smallest absolute Gasteiger partial charge is 0.341 e. The van der Waals surface area contributed by atoms with Gasteiger partial charge in [0.15, 0.2) is 0 Å². The first-order valence-corrected chi connectivity index (χ1v) is 5.44. The largest absolute Gasteiger partial charge is 0.383 e. The van der Waals surface area contributed by atoms with Crippen molar-refractivity contribution >= 4 is 11.8 Å². The standard InChI is InChI=1S/C10H16F4N2O2/c1-4-16(5-2)7(17)6(3)15-9(18)10(13,14)8(11)12/h6,8H,4-5H2,1-3H3,(H,15,18). The van der Waals surface area contributed by atoms with Gasteiger partial charge in [-0.05, 0) is 20.8 Å². The Hall–Kier alpha value is -1.34. The Labute approximate surface area is 102 Å². The van der Waals surface area contributed by atoms with Gasteiger partial charge in [-0.2, -0.15) is 8.78 Å². The summed E-state index contributed by atoms with van der Waals surface area (Å²) in [4.78, 5) is 23.8. The SMILES string of the molecule is CCN(CC)C(=O)C(C)NC(=O)C(F)(F)C(F)F. The van der Waals surface area contributed by atoms with E-state index < -0.39 is 30.2 Å². The topological polar surface area (TPSA) is 49.4 Å². The number of hydrogen-bond acceptors (Lipinski definition) is 2. The normalized spacial score (nSPS) is 13.3. The average Bonchev–Trinajstić information content (AvgIpc) is 2.29. The molecule has 0 aromatic rings. The van der Waals surface area contributed by atoms with Crippen molar-refractivity contribution in [2.75, 3.05) is 13.1 Å². The second-order valence-electron chi connectivity index (χ2n) is 3.63. The van der Waals surface area contributed by atoms with Gasteiger partial charge in [-0.15, -0.1) is 0 Å². The number of carbonyl (C=O) groups is 2. The van der Waals surface area contributed by atoms with Gasteiger partial charge in [0.25, 0.3) is 5.91 Å². The number of amides is 2. The quantitative estimate of drug-likeness (QED) is 0.740. The molecule has 0 rings (SSSR count). The highest BCUT2D eigenvalue weighted by Gasteiger charge is 2.49. The minimum Gasteiger partial charge on any atom is -0.341 e. The molecule has 0 bridgehead atoms. The van der Waals surface area contributed by atoms with Crippen LogP contribution in [0.5, 0.6) is 0 Å². The average molecular weight is 272 g/mol. The van der Waals surface area contributed by atoms with Crippen LogP contribution in [0.2, 0.25) is 0 Å². The molecule has 0 aromatic carbocycles. The number of nitrogens with zero attached hydrogens (tertiary/aromatic N) is 1. The molecule has 0 aromatic heterocycles. The van der Waals surface area contributed by atoms with Gasteiger partial charge in [-0.25, -0.2) is 8.78 Å². The van der Waals surface area contributed by atoms with Crippen LogP contribution in [-0.4, -0.2) is 48.2 Å². The molecular weight excluding hydrogens is 256 g/mol. The van der Waals surface area contributed by atoms with E-state index in [1.165, 1.54) is 11.8 Å². The van der Waals surface area contributed by atoms with Gasteiger partial charge in [0.2, 0.25) is 5.91 Å². The van der Waals surface area contributed by atoms with Crippen molar-refractivity contribution in [3.63, 3.8) is 0 Å². The Morgan fingerprint density at radius 3 is 2.00 bits per heavy atom. The third-order valence-electron chi connectivity index (χ3n) is 2.37. The highest BCUT2D eigenvalue weighted by Crippen LogP contribution is 2.22. The zero-order chi connectivity index (χ0) is 14.5. The van der Waals surface area contributed by atoms with Crippen molar-refractivity contribution in [2.45, 2.75) is 39.2 Å². The molecule has 0 radical (unpaired) electrons. The molecule has 0 aliphatic rings. The molecule has 4 nitrogen and oxygen atoms in total. The van der Waals surface area contributed by atoms with Crippen molar-refractivity contribution in [2.24, 2.45) is 0 Å². The number of carbonyl (C=O) groups excluding carboxylic acids is 2. The first kappa shape index (κ1) is 16.7. The third-order valence-corrected chi connectivity index (χ3v) is 2.37. The Bertz CT molecular complexity index is 306. The van der Waals surface area contributed by atoms with E-state index >= 15 is 0 Å². The summed E-state index contributed by atoms with van der Waals surface area (Å²) in [6.07, 6.45) is -4.10. The Balaban J connectivity index is 4.62. The molecule has 2 amide bonds. The van der Waals surface area contributed by atoms with Crippen LogP contribution in [0.25, 0.3) is 0 Å². The molecule has 0 heterocycles. The fourth-order valence-corrected chi connectivity index (χ4v) is 1.26. The molecule has 0 saturated heterocycles. The minimum atomic E-state index is -4.79. The highest BCUT2D eigenvalue weighted by molar-refractivity contribution is 5.90. The maximum atomic E-state index is 12.6. The van der Waals surface area contributed by atoms with Crippen molar-refractivity contribution in [1.29, 1.82) is 0 Å². The first-order valence-electron chi connectivity index (χ1n) is 5.44. The third kappa shape index (κ3) is 3.85. The summed E-state index contributed by atoms with van der Waals surface area (Å²) in [5.41, 5.74) is 0. The monoisotopic (exact) mass is 272 g/mol. The van der Waals surface area contributed by atoms with E-state index in [-0.39, 0.29) is 0 Å². The zero-order valence-electron chi connectivity index (χ0n) is 10.3.